The lowest BCUT2D eigenvalue weighted by Gasteiger charge is -2.25. The van der Waals surface area contributed by atoms with Gasteiger partial charge in [-0.1, -0.05) is 72.3 Å². The lowest BCUT2D eigenvalue weighted by atomic mass is 9.99. The largest absolute Gasteiger partial charge is 0.480 e. The number of benzene rings is 3. The van der Waals surface area contributed by atoms with Crippen molar-refractivity contribution in [2.75, 3.05) is 13.2 Å². The minimum Gasteiger partial charge on any atom is -0.480 e. The van der Waals surface area contributed by atoms with Crippen molar-refractivity contribution in [1.82, 2.24) is 26.3 Å². The molecule has 3 aromatic carbocycles. The predicted molar refractivity (Wildman–Crippen MR) is 186 cm³/mol. The van der Waals surface area contributed by atoms with Crippen molar-refractivity contribution in [1.29, 1.82) is 0 Å². The van der Waals surface area contributed by atoms with Gasteiger partial charge in [0, 0.05) is 43.3 Å². The highest BCUT2D eigenvalue weighted by molar-refractivity contribution is 6.30. The van der Waals surface area contributed by atoms with Gasteiger partial charge in [-0.15, -0.1) is 0 Å². The lowest BCUT2D eigenvalue weighted by molar-refractivity contribution is -0.142. The SMILES string of the molecule is O=C(CNC(=O)C1CCCO1)N[C@H](Cc1ccc2ccccc2c1)C(=O)N[C@H](Cc1ccc(Cl)cc1)C(=O)N[C@H](Cc1cccnc1)C(=O)O. The van der Waals surface area contributed by atoms with Gasteiger partial charge in [-0.25, -0.2) is 4.79 Å². The van der Waals surface area contributed by atoms with Crippen molar-refractivity contribution in [3.05, 3.63) is 113 Å². The van der Waals surface area contributed by atoms with Crippen LogP contribution in [0.25, 0.3) is 10.8 Å². The van der Waals surface area contributed by atoms with E-state index in [1.165, 1.54) is 6.20 Å². The molecular formula is C37H38ClN5O7. The fraction of sp³-hybridized carbons (Fsp3) is 0.297. The highest BCUT2D eigenvalue weighted by Gasteiger charge is 2.31. The quantitative estimate of drug-likeness (QED) is 0.126. The Hall–Kier alpha value is -5.33. The van der Waals surface area contributed by atoms with Crippen molar-refractivity contribution in [2.45, 2.75) is 56.3 Å². The molecule has 4 amide bonds. The predicted octanol–water partition coefficient (Wildman–Crippen LogP) is 2.75. The Kier molecular flexibility index (Phi) is 12.5. The number of rotatable bonds is 15. The number of hydrogen-bond donors (Lipinski definition) is 5. The maximum atomic E-state index is 14.0. The number of fused-ring (bicyclic) bond motifs is 1. The summed E-state index contributed by atoms with van der Waals surface area (Å²) < 4.78 is 5.38. The number of nitrogens with zero attached hydrogens (tertiary/aromatic N) is 1. The molecular weight excluding hydrogens is 662 g/mol. The molecule has 1 aromatic heterocycles. The van der Waals surface area contributed by atoms with Gasteiger partial charge in [0.15, 0.2) is 0 Å². The molecule has 1 saturated heterocycles. The molecule has 13 heteroatoms. The van der Waals surface area contributed by atoms with Crippen molar-refractivity contribution < 1.29 is 33.8 Å². The van der Waals surface area contributed by atoms with Gasteiger partial charge in [-0.3, -0.25) is 24.2 Å². The Morgan fingerprint density at radius 1 is 0.780 bits per heavy atom. The van der Waals surface area contributed by atoms with E-state index in [0.717, 1.165) is 22.8 Å². The van der Waals surface area contributed by atoms with Crippen molar-refractivity contribution >= 4 is 52.0 Å². The number of hydrogen-bond acceptors (Lipinski definition) is 7. The highest BCUT2D eigenvalue weighted by Crippen LogP contribution is 2.18. The maximum absolute atomic E-state index is 14.0. The van der Waals surface area contributed by atoms with E-state index in [-0.39, 0.29) is 25.8 Å². The monoisotopic (exact) mass is 699 g/mol. The molecule has 0 bridgehead atoms. The Morgan fingerprint density at radius 2 is 1.44 bits per heavy atom. The molecule has 50 heavy (non-hydrogen) atoms. The summed E-state index contributed by atoms with van der Waals surface area (Å²) in [7, 11) is 0. The molecule has 260 valence electrons. The van der Waals surface area contributed by atoms with Gasteiger partial charge in [0.25, 0.3) is 0 Å². The Balaban J connectivity index is 1.36. The van der Waals surface area contributed by atoms with Gasteiger partial charge < -0.3 is 31.1 Å². The smallest absolute Gasteiger partial charge is 0.326 e. The average molecular weight is 700 g/mol. The van der Waals surface area contributed by atoms with Gasteiger partial charge in [0.2, 0.25) is 23.6 Å². The number of amides is 4. The molecule has 5 rings (SSSR count). The summed E-state index contributed by atoms with van der Waals surface area (Å²) in [4.78, 5) is 69.5. The first-order chi connectivity index (χ1) is 24.1. The topological polar surface area (TPSA) is 176 Å². The van der Waals surface area contributed by atoms with Gasteiger partial charge in [0.1, 0.15) is 24.2 Å². The average Bonchev–Trinajstić information content (AvgIpc) is 3.66. The van der Waals surface area contributed by atoms with E-state index in [9.17, 15) is 29.1 Å². The molecule has 0 aliphatic carbocycles. The van der Waals surface area contributed by atoms with Gasteiger partial charge in [0.05, 0.1) is 6.54 Å². The highest BCUT2D eigenvalue weighted by atomic mass is 35.5. The number of aromatic nitrogens is 1. The van der Waals surface area contributed by atoms with Crippen LogP contribution in [0.5, 0.6) is 0 Å². The van der Waals surface area contributed by atoms with Crippen LogP contribution in [0.2, 0.25) is 5.02 Å². The first-order valence-electron chi connectivity index (χ1n) is 16.3. The van der Waals surface area contributed by atoms with E-state index in [4.69, 9.17) is 16.3 Å². The fourth-order valence-electron chi connectivity index (χ4n) is 5.69. The molecule has 2 heterocycles. The van der Waals surface area contributed by atoms with E-state index in [0.29, 0.717) is 29.2 Å². The third-order valence-electron chi connectivity index (χ3n) is 8.31. The molecule has 4 aromatic rings. The summed E-state index contributed by atoms with van der Waals surface area (Å²) in [5, 5.41) is 22.9. The van der Waals surface area contributed by atoms with Crippen LogP contribution in [0.1, 0.15) is 29.5 Å². The second-order valence-electron chi connectivity index (χ2n) is 12.1. The molecule has 1 fully saturated rings. The molecule has 5 N–H and O–H groups in total. The summed E-state index contributed by atoms with van der Waals surface area (Å²) in [5.41, 5.74) is 2.00. The molecule has 0 spiro atoms. The molecule has 0 radical (unpaired) electrons. The zero-order valence-corrected chi connectivity index (χ0v) is 27.9. The molecule has 4 atom stereocenters. The molecule has 12 nitrogen and oxygen atoms in total. The molecule has 1 aliphatic rings. The third kappa shape index (κ3) is 10.3. The van der Waals surface area contributed by atoms with Gasteiger partial charge >= 0.3 is 5.97 Å². The van der Waals surface area contributed by atoms with Crippen molar-refractivity contribution in [2.24, 2.45) is 0 Å². The number of pyridine rings is 1. The van der Waals surface area contributed by atoms with Crippen LogP contribution in [-0.4, -0.2) is 77.1 Å². The summed E-state index contributed by atoms with van der Waals surface area (Å²) in [6.07, 6.45) is 3.79. The number of carbonyl (C=O) groups excluding carboxylic acids is 4. The number of carbonyl (C=O) groups is 5. The second kappa shape index (κ2) is 17.4. The van der Waals surface area contributed by atoms with Gasteiger partial charge in [-0.2, -0.15) is 0 Å². The van der Waals surface area contributed by atoms with E-state index in [1.54, 1.807) is 42.6 Å². The zero-order valence-electron chi connectivity index (χ0n) is 27.1. The van der Waals surface area contributed by atoms with E-state index in [2.05, 4.69) is 26.3 Å². The van der Waals surface area contributed by atoms with Crippen molar-refractivity contribution in [3.63, 3.8) is 0 Å². The number of carboxylic acid groups (broad SMARTS) is 1. The number of aliphatic carboxylic acids is 1. The summed E-state index contributed by atoms with van der Waals surface area (Å²) in [6.45, 7) is 0.0866. The third-order valence-corrected chi connectivity index (χ3v) is 8.57. The second-order valence-corrected chi connectivity index (χ2v) is 12.5. The molecule has 1 aliphatic heterocycles. The summed E-state index contributed by atoms with van der Waals surface area (Å²) in [6, 6.07) is 19.7. The maximum Gasteiger partial charge on any atom is 0.326 e. The van der Waals surface area contributed by atoms with E-state index < -0.39 is 53.8 Å². The van der Waals surface area contributed by atoms with Crippen LogP contribution in [-0.2, 0) is 48.0 Å². The minimum atomic E-state index is -1.31. The van der Waals surface area contributed by atoms with Crippen LogP contribution in [0.4, 0.5) is 0 Å². The summed E-state index contributed by atoms with van der Waals surface area (Å²) in [5.74, 6) is -3.69. The minimum absolute atomic E-state index is 0.00204. The first kappa shape index (κ1) is 36.0. The lowest BCUT2D eigenvalue weighted by Crippen LogP contribution is -2.57. The Labute approximate surface area is 293 Å². The Morgan fingerprint density at radius 3 is 2.12 bits per heavy atom. The first-order valence-corrected chi connectivity index (χ1v) is 16.7. The van der Waals surface area contributed by atoms with E-state index in [1.807, 2.05) is 42.5 Å². The molecule has 1 unspecified atom stereocenters. The molecule has 0 saturated carbocycles. The fourth-order valence-corrected chi connectivity index (χ4v) is 5.81. The van der Waals surface area contributed by atoms with Gasteiger partial charge in [-0.05, 0) is 58.5 Å². The van der Waals surface area contributed by atoms with Crippen LogP contribution < -0.4 is 21.3 Å². The van der Waals surface area contributed by atoms with Crippen LogP contribution >= 0.6 is 11.6 Å². The Bertz CT molecular complexity index is 1820. The van der Waals surface area contributed by atoms with Crippen LogP contribution in [0, 0.1) is 0 Å². The number of halogens is 1. The van der Waals surface area contributed by atoms with Crippen LogP contribution in [0.3, 0.4) is 0 Å². The van der Waals surface area contributed by atoms with E-state index >= 15 is 0 Å². The van der Waals surface area contributed by atoms with Crippen LogP contribution in [0.15, 0.2) is 91.3 Å². The zero-order chi connectivity index (χ0) is 35.5. The van der Waals surface area contributed by atoms with Crippen molar-refractivity contribution in [3.8, 4) is 0 Å². The number of carboxylic acids is 1. The number of ether oxygens (including phenoxy) is 1. The summed E-state index contributed by atoms with van der Waals surface area (Å²) >= 11 is 6.07. The number of nitrogens with one attached hydrogen (secondary N) is 4. The standard InChI is InChI=1S/C37H38ClN5O7/c38-28-13-10-23(11-14-28)18-30(35(46)43-31(37(48)49)20-25-5-3-15-39-21-25)42-34(45)29(19-24-9-12-26-6-1-2-7-27(26)17-24)41-33(44)22-40-36(47)32-8-4-16-50-32/h1-3,5-7,9-15,17,21,29-32H,4,8,16,18-20,22H2,(H,40,47)(H,41,44)(H,42,45)(H,43,46)(H,48,49)/t29-,30-,31-,32?/m1/s1. The normalized spacial score (nSPS) is 15.7.